The number of nitrogens with two attached hydrogens (primary N) is 1. The van der Waals surface area contributed by atoms with E-state index < -0.39 is 9.84 Å². The molecule has 0 saturated carbocycles. The van der Waals surface area contributed by atoms with Crippen molar-refractivity contribution in [3.8, 4) is 0 Å². The quantitative estimate of drug-likeness (QED) is 0.846. The zero-order valence-electron chi connectivity index (χ0n) is 11.5. The van der Waals surface area contributed by atoms with E-state index in [1.807, 2.05) is 12.1 Å². The van der Waals surface area contributed by atoms with E-state index in [9.17, 15) is 8.42 Å². The van der Waals surface area contributed by atoms with Crippen LogP contribution in [0.15, 0.2) is 45.8 Å². The van der Waals surface area contributed by atoms with Crippen molar-refractivity contribution in [1.29, 1.82) is 0 Å². The molecule has 0 spiro atoms. The number of anilines is 1. The normalized spacial score (nSPS) is 14.1. The van der Waals surface area contributed by atoms with Crippen LogP contribution < -0.4 is 5.73 Å². The number of nitrogen functional groups attached to an aromatic ring is 1. The Morgan fingerprint density at radius 2 is 1.81 bits per heavy atom. The highest BCUT2D eigenvalue weighted by Crippen LogP contribution is 2.28. The second kappa shape index (κ2) is 5.46. The molecule has 3 rings (SSSR count). The molecule has 0 bridgehead atoms. The largest absolute Gasteiger partial charge is 0.398 e. The number of sulfone groups is 1. The second-order valence-corrected chi connectivity index (χ2v) is 8.27. The monoisotopic (exact) mass is 365 g/mol. The number of hydrogen-bond donors (Lipinski definition) is 1. The van der Waals surface area contributed by atoms with Crippen molar-refractivity contribution in [1.82, 2.24) is 0 Å². The highest BCUT2D eigenvalue weighted by Gasteiger charge is 2.20. The molecule has 0 radical (unpaired) electrons. The molecule has 2 aromatic rings. The standard InChI is InChI=1S/C16H16BrNO2S/c17-14-6-7-15(18)16(9-14)21(19,20)10-11-4-5-12-2-1-3-13(12)8-11/h4-9H,1-3,10,18H2. The summed E-state index contributed by atoms with van der Waals surface area (Å²) in [5, 5.41) is 0. The lowest BCUT2D eigenvalue weighted by molar-refractivity contribution is 0.595. The van der Waals surface area contributed by atoms with E-state index in [2.05, 4.69) is 22.0 Å². The summed E-state index contributed by atoms with van der Waals surface area (Å²) >= 11 is 3.29. The fraction of sp³-hybridized carbons (Fsp3) is 0.250. The third-order valence-corrected chi connectivity index (χ3v) is 6.06. The van der Waals surface area contributed by atoms with Gasteiger partial charge in [0.05, 0.1) is 16.3 Å². The molecule has 0 aromatic heterocycles. The molecule has 0 aliphatic heterocycles. The maximum atomic E-state index is 12.6. The minimum atomic E-state index is -3.44. The molecule has 0 atom stereocenters. The number of halogens is 1. The Kier molecular flexibility index (Phi) is 3.80. The van der Waals surface area contributed by atoms with E-state index >= 15 is 0 Å². The Morgan fingerprint density at radius 1 is 1.05 bits per heavy atom. The van der Waals surface area contributed by atoms with Gasteiger partial charge in [-0.05, 0) is 54.2 Å². The second-order valence-electron chi connectivity index (χ2n) is 5.40. The Bertz CT molecular complexity index is 800. The third kappa shape index (κ3) is 2.99. The predicted molar refractivity (Wildman–Crippen MR) is 87.9 cm³/mol. The van der Waals surface area contributed by atoms with Gasteiger partial charge in [0.2, 0.25) is 0 Å². The van der Waals surface area contributed by atoms with Gasteiger partial charge in [-0.15, -0.1) is 0 Å². The Hall–Kier alpha value is -1.33. The minimum absolute atomic E-state index is 0.0130. The maximum absolute atomic E-state index is 12.6. The van der Waals surface area contributed by atoms with Crippen LogP contribution >= 0.6 is 15.9 Å². The van der Waals surface area contributed by atoms with Gasteiger partial charge >= 0.3 is 0 Å². The molecule has 3 nitrogen and oxygen atoms in total. The average Bonchev–Trinajstić information content (AvgIpc) is 2.88. The smallest absolute Gasteiger partial charge is 0.184 e. The molecule has 1 aliphatic carbocycles. The van der Waals surface area contributed by atoms with Gasteiger partial charge < -0.3 is 5.73 Å². The molecule has 0 heterocycles. The van der Waals surface area contributed by atoms with Crippen LogP contribution in [0.1, 0.15) is 23.1 Å². The first kappa shape index (κ1) is 14.6. The number of rotatable bonds is 3. The molecular formula is C16H16BrNO2S. The molecule has 0 fully saturated rings. The third-order valence-electron chi connectivity index (χ3n) is 3.83. The maximum Gasteiger partial charge on any atom is 0.184 e. The van der Waals surface area contributed by atoms with Gasteiger partial charge in [-0.1, -0.05) is 34.1 Å². The molecule has 0 saturated heterocycles. The van der Waals surface area contributed by atoms with E-state index in [0.29, 0.717) is 10.2 Å². The molecular weight excluding hydrogens is 350 g/mol. The summed E-state index contributed by atoms with van der Waals surface area (Å²) in [5.41, 5.74) is 9.57. The van der Waals surface area contributed by atoms with E-state index in [4.69, 9.17) is 5.73 Å². The summed E-state index contributed by atoms with van der Waals surface area (Å²) in [6.45, 7) is 0. The molecule has 0 unspecified atom stereocenters. The van der Waals surface area contributed by atoms with Crippen LogP contribution in [0.3, 0.4) is 0 Å². The summed E-state index contributed by atoms with van der Waals surface area (Å²) in [5.74, 6) is -0.0130. The lowest BCUT2D eigenvalue weighted by Crippen LogP contribution is -2.08. The van der Waals surface area contributed by atoms with Crippen molar-refractivity contribution in [2.24, 2.45) is 0 Å². The van der Waals surface area contributed by atoms with E-state index in [1.165, 1.54) is 11.1 Å². The lowest BCUT2D eigenvalue weighted by atomic mass is 10.1. The van der Waals surface area contributed by atoms with Crippen LogP contribution in [0.2, 0.25) is 0 Å². The van der Waals surface area contributed by atoms with Gasteiger partial charge in [-0.25, -0.2) is 8.42 Å². The Labute approximate surface area is 133 Å². The number of fused-ring (bicyclic) bond motifs is 1. The van der Waals surface area contributed by atoms with Crippen LogP contribution in [0, 0.1) is 0 Å². The van der Waals surface area contributed by atoms with Crippen molar-refractivity contribution in [2.45, 2.75) is 29.9 Å². The summed E-state index contributed by atoms with van der Waals surface area (Å²) in [4.78, 5) is 0.192. The highest BCUT2D eigenvalue weighted by atomic mass is 79.9. The molecule has 1 aliphatic rings. The summed E-state index contributed by atoms with van der Waals surface area (Å²) in [6, 6.07) is 10.9. The molecule has 0 amide bonds. The summed E-state index contributed by atoms with van der Waals surface area (Å²) < 4.78 is 25.9. The van der Waals surface area contributed by atoms with Crippen LogP contribution in [0.25, 0.3) is 0 Å². The Morgan fingerprint density at radius 3 is 2.62 bits per heavy atom. The van der Waals surface area contributed by atoms with Crippen molar-refractivity contribution < 1.29 is 8.42 Å². The molecule has 110 valence electrons. The van der Waals surface area contributed by atoms with Crippen LogP contribution in [0.4, 0.5) is 5.69 Å². The lowest BCUT2D eigenvalue weighted by Gasteiger charge is -2.09. The van der Waals surface area contributed by atoms with Gasteiger partial charge in [0, 0.05) is 4.47 Å². The van der Waals surface area contributed by atoms with Crippen molar-refractivity contribution in [2.75, 3.05) is 5.73 Å². The first-order valence-corrected chi connectivity index (χ1v) is 9.29. The van der Waals surface area contributed by atoms with Crippen molar-refractivity contribution >= 4 is 31.5 Å². The fourth-order valence-corrected chi connectivity index (χ4v) is 4.81. The zero-order valence-corrected chi connectivity index (χ0v) is 13.9. The fourth-order valence-electron chi connectivity index (χ4n) is 2.79. The van der Waals surface area contributed by atoms with Gasteiger partial charge in [0.1, 0.15) is 0 Å². The van der Waals surface area contributed by atoms with E-state index in [-0.39, 0.29) is 10.6 Å². The summed E-state index contributed by atoms with van der Waals surface area (Å²) in [7, 11) is -3.44. The SMILES string of the molecule is Nc1ccc(Br)cc1S(=O)(=O)Cc1ccc2c(c1)CCC2. The predicted octanol–water partition coefficient (Wildman–Crippen LogP) is 3.49. The van der Waals surface area contributed by atoms with Gasteiger partial charge in [0.15, 0.2) is 9.84 Å². The molecule has 5 heteroatoms. The van der Waals surface area contributed by atoms with Crippen molar-refractivity contribution in [3.05, 3.63) is 57.6 Å². The van der Waals surface area contributed by atoms with Gasteiger partial charge in [0.25, 0.3) is 0 Å². The van der Waals surface area contributed by atoms with Crippen LogP contribution in [-0.4, -0.2) is 8.42 Å². The van der Waals surface area contributed by atoms with E-state index in [0.717, 1.165) is 24.8 Å². The first-order valence-electron chi connectivity index (χ1n) is 6.84. The zero-order chi connectivity index (χ0) is 15.0. The van der Waals surface area contributed by atoms with E-state index in [1.54, 1.807) is 18.2 Å². The number of aryl methyl sites for hydroxylation is 2. The Balaban J connectivity index is 1.94. The average molecular weight is 366 g/mol. The van der Waals surface area contributed by atoms with Crippen LogP contribution in [0.5, 0.6) is 0 Å². The topological polar surface area (TPSA) is 60.2 Å². The van der Waals surface area contributed by atoms with Crippen molar-refractivity contribution in [3.63, 3.8) is 0 Å². The van der Waals surface area contributed by atoms with Gasteiger partial charge in [-0.2, -0.15) is 0 Å². The van der Waals surface area contributed by atoms with Gasteiger partial charge in [-0.3, -0.25) is 0 Å². The number of benzene rings is 2. The molecule has 2 N–H and O–H groups in total. The number of hydrogen-bond acceptors (Lipinski definition) is 3. The first-order chi connectivity index (χ1) is 9.95. The molecule has 21 heavy (non-hydrogen) atoms. The summed E-state index contributed by atoms with van der Waals surface area (Å²) in [6.07, 6.45) is 3.30. The van der Waals surface area contributed by atoms with Crippen LogP contribution in [-0.2, 0) is 28.4 Å². The highest BCUT2D eigenvalue weighted by molar-refractivity contribution is 9.10. The minimum Gasteiger partial charge on any atom is -0.398 e. The molecule has 2 aromatic carbocycles.